The SMILES string of the molecule is O=C(OCCn1cnc2ccccc2c1=O)c1ccc(Cl)c([N+](=O)[O-])c1. The van der Waals surface area contributed by atoms with Crippen LogP contribution in [-0.4, -0.2) is 27.1 Å². The van der Waals surface area contributed by atoms with E-state index in [0.717, 1.165) is 6.07 Å². The minimum atomic E-state index is -0.744. The zero-order valence-electron chi connectivity index (χ0n) is 13.3. The molecule has 0 aliphatic carbocycles. The van der Waals surface area contributed by atoms with Gasteiger partial charge >= 0.3 is 5.97 Å². The van der Waals surface area contributed by atoms with Gasteiger partial charge in [-0.3, -0.25) is 19.5 Å². The summed E-state index contributed by atoms with van der Waals surface area (Å²) in [4.78, 5) is 38.7. The average Bonchev–Trinajstić information content (AvgIpc) is 2.64. The fourth-order valence-electron chi connectivity index (χ4n) is 2.36. The summed E-state index contributed by atoms with van der Waals surface area (Å²) in [5, 5.41) is 11.3. The van der Waals surface area contributed by atoms with Gasteiger partial charge in [0.1, 0.15) is 11.6 Å². The Kier molecular flexibility index (Phi) is 4.94. The van der Waals surface area contributed by atoms with Gasteiger partial charge in [0.2, 0.25) is 0 Å². The van der Waals surface area contributed by atoms with Crippen LogP contribution in [0.25, 0.3) is 10.9 Å². The zero-order chi connectivity index (χ0) is 18.7. The molecule has 3 rings (SSSR count). The van der Waals surface area contributed by atoms with Crippen molar-refractivity contribution in [3.8, 4) is 0 Å². The standard InChI is InChI=1S/C17H12ClN3O5/c18-13-6-5-11(9-15(13)21(24)25)17(23)26-8-7-20-10-19-14-4-2-1-3-12(14)16(20)22/h1-6,9-10H,7-8H2. The molecule has 0 radical (unpaired) electrons. The third-order valence-electron chi connectivity index (χ3n) is 3.68. The van der Waals surface area contributed by atoms with Crippen LogP contribution in [0, 0.1) is 10.1 Å². The number of halogens is 1. The molecule has 0 spiro atoms. The maximum Gasteiger partial charge on any atom is 0.338 e. The first-order chi connectivity index (χ1) is 12.5. The highest BCUT2D eigenvalue weighted by Crippen LogP contribution is 2.25. The van der Waals surface area contributed by atoms with Crippen molar-refractivity contribution < 1.29 is 14.5 Å². The summed E-state index contributed by atoms with van der Waals surface area (Å²) in [5.74, 6) is -0.744. The van der Waals surface area contributed by atoms with Crippen molar-refractivity contribution in [2.45, 2.75) is 6.54 Å². The van der Waals surface area contributed by atoms with E-state index in [4.69, 9.17) is 16.3 Å². The van der Waals surface area contributed by atoms with Crippen LogP contribution in [-0.2, 0) is 11.3 Å². The van der Waals surface area contributed by atoms with E-state index >= 15 is 0 Å². The molecule has 1 aromatic heterocycles. The van der Waals surface area contributed by atoms with Crippen molar-refractivity contribution in [3.05, 3.63) is 79.8 Å². The predicted octanol–water partition coefficient (Wildman–Crippen LogP) is 2.82. The fraction of sp³-hybridized carbons (Fsp3) is 0.118. The third kappa shape index (κ3) is 3.55. The molecular formula is C17H12ClN3O5. The summed E-state index contributed by atoms with van der Waals surface area (Å²) in [7, 11) is 0. The van der Waals surface area contributed by atoms with Crippen LogP contribution in [0.3, 0.4) is 0 Å². The molecule has 132 valence electrons. The quantitative estimate of drug-likeness (QED) is 0.387. The van der Waals surface area contributed by atoms with Crippen molar-refractivity contribution in [1.29, 1.82) is 0 Å². The number of nitro groups is 1. The second-order valence-corrected chi connectivity index (χ2v) is 5.73. The zero-order valence-corrected chi connectivity index (χ0v) is 14.0. The molecule has 0 saturated carbocycles. The second kappa shape index (κ2) is 7.32. The number of nitro benzene ring substituents is 1. The Morgan fingerprint density at radius 3 is 2.81 bits per heavy atom. The number of carbonyl (C=O) groups is 1. The van der Waals surface area contributed by atoms with Gasteiger partial charge in [-0.15, -0.1) is 0 Å². The molecule has 0 aliphatic heterocycles. The van der Waals surface area contributed by atoms with E-state index in [9.17, 15) is 19.7 Å². The van der Waals surface area contributed by atoms with Crippen molar-refractivity contribution in [2.24, 2.45) is 0 Å². The number of aromatic nitrogens is 2. The summed E-state index contributed by atoms with van der Waals surface area (Å²) >= 11 is 5.71. The lowest BCUT2D eigenvalue weighted by molar-refractivity contribution is -0.384. The molecule has 3 aromatic rings. The van der Waals surface area contributed by atoms with Crippen molar-refractivity contribution in [2.75, 3.05) is 6.61 Å². The summed E-state index contributed by atoms with van der Waals surface area (Å²) in [6, 6.07) is 10.6. The molecule has 0 amide bonds. The molecule has 2 aromatic carbocycles. The minimum absolute atomic E-state index is 0.00471. The first-order valence-corrected chi connectivity index (χ1v) is 7.90. The van der Waals surface area contributed by atoms with Gasteiger partial charge in [0.05, 0.1) is 34.3 Å². The molecular weight excluding hydrogens is 362 g/mol. The molecule has 0 fully saturated rings. The van der Waals surface area contributed by atoms with E-state index in [-0.39, 0.29) is 35.0 Å². The monoisotopic (exact) mass is 373 g/mol. The van der Waals surface area contributed by atoms with Crippen LogP contribution in [0.4, 0.5) is 5.69 Å². The molecule has 8 nitrogen and oxygen atoms in total. The van der Waals surface area contributed by atoms with E-state index in [1.165, 1.54) is 23.0 Å². The number of hydrogen-bond donors (Lipinski definition) is 0. The van der Waals surface area contributed by atoms with Crippen LogP contribution in [0.2, 0.25) is 5.02 Å². The van der Waals surface area contributed by atoms with Gasteiger partial charge < -0.3 is 4.74 Å². The van der Waals surface area contributed by atoms with Crippen LogP contribution < -0.4 is 5.56 Å². The summed E-state index contributed by atoms with van der Waals surface area (Å²) in [6.07, 6.45) is 1.38. The van der Waals surface area contributed by atoms with Crippen LogP contribution in [0.15, 0.2) is 53.6 Å². The Morgan fingerprint density at radius 2 is 2.04 bits per heavy atom. The largest absolute Gasteiger partial charge is 0.460 e. The number of fused-ring (bicyclic) bond motifs is 1. The van der Waals surface area contributed by atoms with Gasteiger partial charge in [0, 0.05) is 6.07 Å². The summed E-state index contributed by atoms with van der Waals surface area (Å²) in [6.45, 7) is 0.0211. The minimum Gasteiger partial charge on any atom is -0.460 e. The van der Waals surface area contributed by atoms with E-state index in [0.29, 0.717) is 10.9 Å². The number of ether oxygens (including phenoxy) is 1. The molecule has 0 atom stereocenters. The van der Waals surface area contributed by atoms with Gasteiger partial charge in [0.25, 0.3) is 11.2 Å². The highest BCUT2D eigenvalue weighted by molar-refractivity contribution is 6.32. The number of rotatable bonds is 5. The fourth-order valence-corrected chi connectivity index (χ4v) is 2.55. The summed E-state index contributed by atoms with van der Waals surface area (Å²) < 4.78 is 6.41. The summed E-state index contributed by atoms with van der Waals surface area (Å²) in [5.41, 5.74) is -0.0332. The first kappa shape index (κ1) is 17.6. The van der Waals surface area contributed by atoms with Crippen molar-refractivity contribution in [3.63, 3.8) is 0 Å². The predicted molar refractivity (Wildman–Crippen MR) is 94.4 cm³/mol. The number of benzene rings is 2. The first-order valence-electron chi connectivity index (χ1n) is 7.52. The van der Waals surface area contributed by atoms with E-state index in [2.05, 4.69) is 4.98 Å². The van der Waals surface area contributed by atoms with Crippen molar-refractivity contribution in [1.82, 2.24) is 9.55 Å². The Balaban J connectivity index is 1.69. The Hall–Kier alpha value is -3.26. The van der Waals surface area contributed by atoms with E-state index < -0.39 is 10.9 Å². The molecule has 26 heavy (non-hydrogen) atoms. The molecule has 0 saturated heterocycles. The lowest BCUT2D eigenvalue weighted by atomic mass is 10.2. The second-order valence-electron chi connectivity index (χ2n) is 5.32. The topological polar surface area (TPSA) is 104 Å². The molecule has 0 aliphatic rings. The van der Waals surface area contributed by atoms with Crippen molar-refractivity contribution >= 4 is 34.2 Å². The Labute approximate surface area is 151 Å². The number of esters is 1. The molecule has 0 unspecified atom stereocenters. The van der Waals surface area contributed by atoms with Gasteiger partial charge in [-0.05, 0) is 24.3 Å². The van der Waals surface area contributed by atoms with Gasteiger partial charge in [0.15, 0.2) is 0 Å². The Bertz CT molecular complexity index is 1060. The maximum atomic E-state index is 12.3. The van der Waals surface area contributed by atoms with Crippen LogP contribution in [0.1, 0.15) is 10.4 Å². The number of carbonyl (C=O) groups excluding carboxylic acids is 1. The molecule has 0 N–H and O–H groups in total. The molecule has 1 heterocycles. The molecule has 9 heteroatoms. The van der Waals surface area contributed by atoms with Gasteiger partial charge in [-0.2, -0.15) is 0 Å². The smallest absolute Gasteiger partial charge is 0.338 e. The third-order valence-corrected chi connectivity index (χ3v) is 4.00. The van der Waals surface area contributed by atoms with E-state index in [1.54, 1.807) is 24.3 Å². The van der Waals surface area contributed by atoms with Gasteiger partial charge in [-0.1, -0.05) is 23.7 Å². The van der Waals surface area contributed by atoms with Gasteiger partial charge in [-0.25, -0.2) is 9.78 Å². The highest BCUT2D eigenvalue weighted by Gasteiger charge is 2.17. The maximum absolute atomic E-state index is 12.3. The van der Waals surface area contributed by atoms with Crippen LogP contribution >= 0.6 is 11.6 Å². The average molecular weight is 374 g/mol. The lowest BCUT2D eigenvalue weighted by Crippen LogP contribution is -2.23. The number of hydrogen-bond acceptors (Lipinski definition) is 6. The normalized spacial score (nSPS) is 10.7. The van der Waals surface area contributed by atoms with Crippen LogP contribution in [0.5, 0.6) is 0 Å². The Morgan fingerprint density at radius 1 is 1.27 bits per heavy atom. The lowest BCUT2D eigenvalue weighted by Gasteiger charge is -2.08. The molecule has 0 bridgehead atoms. The number of para-hydroxylation sites is 1. The highest BCUT2D eigenvalue weighted by atomic mass is 35.5. The van der Waals surface area contributed by atoms with E-state index in [1.807, 2.05) is 0 Å². The number of nitrogens with zero attached hydrogens (tertiary/aromatic N) is 3.